The fourth-order valence-electron chi connectivity index (χ4n) is 1.49. The normalized spacial score (nSPS) is 26.4. The van der Waals surface area contributed by atoms with Crippen LogP contribution in [-0.4, -0.2) is 14.9 Å². The molecule has 0 saturated heterocycles. The highest BCUT2D eigenvalue weighted by atomic mass is 79.9. The van der Waals surface area contributed by atoms with E-state index in [9.17, 15) is 9.90 Å². The molecular weight excluding hydrogens is 234 g/mol. The predicted octanol–water partition coefficient (Wildman–Crippen LogP) is 1.62. The molecule has 0 aromatic heterocycles. The molecular formula is C9H8BrNO2. The summed E-state index contributed by atoms with van der Waals surface area (Å²) < 4.78 is 1.16. The van der Waals surface area contributed by atoms with Crippen LogP contribution in [0.2, 0.25) is 0 Å². The quantitative estimate of drug-likeness (QED) is 0.702. The smallest absolute Gasteiger partial charge is 0.266 e. The number of carbonyl (C=O) groups excluding carboxylic acids is 1. The lowest BCUT2D eigenvalue weighted by molar-refractivity contribution is -0.0175. The third-order valence-electron chi connectivity index (χ3n) is 2.23. The highest BCUT2D eigenvalue weighted by molar-refractivity contribution is 9.07. The molecule has 4 heteroatoms. The van der Waals surface area contributed by atoms with Gasteiger partial charge in [0.05, 0.1) is 16.1 Å². The molecule has 13 heavy (non-hydrogen) atoms. The first kappa shape index (κ1) is 8.72. The number of hydrogen-bond donors (Lipinski definition) is 1. The second kappa shape index (κ2) is 2.56. The van der Waals surface area contributed by atoms with Gasteiger partial charge in [0.15, 0.2) is 5.72 Å². The standard InChI is InChI=1S/C9H8BrNO2/c1-9(13)7-5-3-2-4-6(7)8(12)11(9)10/h2-5,13H,1H3. The Morgan fingerprint density at radius 2 is 2.08 bits per heavy atom. The highest BCUT2D eigenvalue weighted by Gasteiger charge is 2.43. The van der Waals surface area contributed by atoms with Crippen LogP contribution in [0.3, 0.4) is 0 Å². The zero-order valence-electron chi connectivity index (χ0n) is 6.99. The Morgan fingerprint density at radius 1 is 1.46 bits per heavy atom. The molecule has 1 heterocycles. The van der Waals surface area contributed by atoms with Crippen LogP contribution >= 0.6 is 16.1 Å². The van der Waals surface area contributed by atoms with E-state index < -0.39 is 5.72 Å². The lowest BCUT2D eigenvalue weighted by Gasteiger charge is -2.24. The summed E-state index contributed by atoms with van der Waals surface area (Å²) in [5.41, 5.74) is -0.0607. The molecule has 1 N–H and O–H groups in total. The van der Waals surface area contributed by atoms with Crippen molar-refractivity contribution in [3.8, 4) is 0 Å². The van der Waals surface area contributed by atoms with Crippen molar-refractivity contribution in [1.82, 2.24) is 3.93 Å². The molecule has 1 aromatic rings. The van der Waals surface area contributed by atoms with Crippen LogP contribution in [-0.2, 0) is 5.72 Å². The van der Waals surface area contributed by atoms with Gasteiger partial charge in [-0.15, -0.1) is 0 Å². The van der Waals surface area contributed by atoms with Crippen molar-refractivity contribution in [3.05, 3.63) is 35.4 Å². The van der Waals surface area contributed by atoms with E-state index in [-0.39, 0.29) is 5.91 Å². The molecule has 1 aliphatic rings. The van der Waals surface area contributed by atoms with Crippen LogP contribution in [0.4, 0.5) is 0 Å². The van der Waals surface area contributed by atoms with Crippen LogP contribution in [0.15, 0.2) is 24.3 Å². The van der Waals surface area contributed by atoms with Gasteiger partial charge in [-0.1, -0.05) is 18.2 Å². The Balaban J connectivity index is 2.68. The maximum atomic E-state index is 11.5. The number of benzene rings is 1. The number of carbonyl (C=O) groups is 1. The minimum atomic E-state index is -1.24. The van der Waals surface area contributed by atoms with E-state index in [1.807, 2.05) is 0 Å². The fourth-order valence-corrected chi connectivity index (χ4v) is 1.87. The third-order valence-corrected chi connectivity index (χ3v) is 3.24. The van der Waals surface area contributed by atoms with Crippen LogP contribution in [0, 0.1) is 0 Å². The van der Waals surface area contributed by atoms with Gasteiger partial charge in [-0.2, -0.15) is 0 Å². The Labute approximate surface area is 84.3 Å². The van der Waals surface area contributed by atoms with Gasteiger partial charge in [-0.05, 0) is 13.0 Å². The summed E-state index contributed by atoms with van der Waals surface area (Å²) in [6, 6.07) is 7.02. The Bertz CT molecular complexity index is 376. The summed E-state index contributed by atoms with van der Waals surface area (Å²) in [6.45, 7) is 1.57. The van der Waals surface area contributed by atoms with Gasteiger partial charge >= 0.3 is 0 Å². The van der Waals surface area contributed by atoms with Crippen molar-refractivity contribution in [3.63, 3.8) is 0 Å². The van der Waals surface area contributed by atoms with Crippen LogP contribution in [0.1, 0.15) is 22.8 Å². The fraction of sp³-hybridized carbons (Fsp3) is 0.222. The molecule has 0 radical (unpaired) electrons. The molecule has 2 rings (SSSR count). The largest absolute Gasteiger partial charge is 0.366 e. The Kier molecular flexibility index (Phi) is 1.72. The minimum absolute atomic E-state index is 0.208. The molecule has 1 atom stereocenters. The van der Waals surface area contributed by atoms with Gasteiger partial charge in [0, 0.05) is 11.1 Å². The maximum Gasteiger partial charge on any atom is 0.266 e. The van der Waals surface area contributed by atoms with Crippen molar-refractivity contribution >= 4 is 22.1 Å². The molecule has 1 amide bonds. The Hall–Kier alpha value is -0.870. The third kappa shape index (κ3) is 1.02. The van der Waals surface area contributed by atoms with Crippen LogP contribution in [0.25, 0.3) is 0 Å². The van der Waals surface area contributed by atoms with Gasteiger partial charge < -0.3 is 5.11 Å². The highest BCUT2D eigenvalue weighted by Crippen LogP contribution is 2.38. The van der Waals surface area contributed by atoms with Crippen LogP contribution in [0.5, 0.6) is 0 Å². The zero-order chi connectivity index (χ0) is 9.64. The first-order chi connectivity index (χ1) is 6.05. The van der Waals surface area contributed by atoms with E-state index in [1.54, 1.807) is 31.2 Å². The van der Waals surface area contributed by atoms with E-state index in [1.165, 1.54) is 0 Å². The molecule has 0 spiro atoms. The first-order valence-corrected chi connectivity index (χ1v) is 4.58. The van der Waals surface area contributed by atoms with E-state index in [0.29, 0.717) is 11.1 Å². The second-order valence-corrected chi connectivity index (χ2v) is 3.86. The van der Waals surface area contributed by atoms with E-state index in [4.69, 9.17) is 0 Å². The van der Waals surface area contributed by atoms with E-state index >= 15 is 0 Å². The number of nitrogens with zero attached hydrogens (tertiary/aromatic N) is 1. The molecule has 1 aromatic carbocycles. The summed E-state index contributed by atoms with van der Waals surface area (Å²) in [4.78, 5) is 11.5. The number of aliphatic hydroxyl groups is 1. The predicted molar refractivity (Wildman–Crippen MR) is 51.1 cm³/mol. The number of hydrogen-bond acceptors (Lipinski definition) is 2. The second-order valence-electron chi connectivity index (χ2n) is 3.15. The van der Waals surface area contributed by atoms with Gasteiger partial charge in [-0.25, -0.2) is 3.93 Å². The number of rotatable bonds is 0. The Morgan fingerprint density at radius 3 is 2.69 bits per heavy atom. The summed E-state index contributed by atoms with van der Waals surface area (Å²) in [5.74, 6) is -0.208. The molecule has 1 aliphatic heterocycles. The summed E-state index contributed by atoms with van der Waals surface area (Å²) in [7, 11) is 0. The molecule has 68 valence electrons. The van der Waals surface area contributed by atoms with Gasteiger partial charge in [-0.3, -0.25) is 4.79 Å². The van der Waals surface area contributed by atoms with Crippen molar-refractivity contribution in [2.75, 3.05) is 0 Å². The molecule has 1 unspecified atom stereocenters. The summed E-state index contributed by atoms with van der Waals surface area (Å²) in [5, 5.41) is 9.94. The summed E-state index contributed by atoms with van der Waals surface area (Å²) in [6.07, 6.45) is 0. The molecule has 0 aliphatic carbocycles. The topological polar surface area (TPSA) is 40.5 Å². The lowest BCUT2D eigenvalue weighted by Crippen LogP contribution is -2.33. The average molecular weight is 242 g/mol. The van der Waals surface area contributed by atoms with Crippen molar-refractivity contribution in [2.24, 2.45) is 0 Å². The SMILES string of the molecule is CC1(O)c2ccccc2C(=O)N1Br. The van der Waals surface area contributed by atoms with Gasteiger partial charge in [0.2, 0.25) is 0 Å². The number of fused-ring (bicyclic) bond motifs is 1. The van der Waals surface area contributed by atoms with E-state index in [2.05, 4.69) is 16.1 Å². The number of halogens is 1. The minimum Gasteiger partial charge on any atom is -0.366 e. The zero-order valence-corrected chi connectivity index (χ0v) is 8.58. The van der Waals surface area contributed by atoms with Crippen molar-refractivity contribution in [2.45, 2.75) is 12.6 Å². The lowest BCUT2D eigenvalue weighted by atomic mass is 10.0. The van der Waals surface area contributed by atoms with E-state index in [0.717, 1.165) is 3.93 Å². The molecule has 0 fully saturated rings. The average Bonchev–Trinajstić information content (AvgIpc) is 2.30. The number of amides is 1. The van der Waals surface area contributed by atoms with Crippen molar-refractivity contribution < 1.29 is 9.90 Å². The monoisotopic (exact) mass is 241 g/mol. The molecule has 0 bridgehead atoms. The van der Waals surface area contributed by atoms with Crippen molar-refractivity contribution in [1.29, 1.82) is 0 Å². The van der Waals surface area contributed by atoms with Gasteiger partial charge in [0.1, 0.15) is 0 Å². The molecule has 3 nitrogen and oxygen atoms in total. The van der Waals surface area contributed by atoms with Crippen LogP contribution < -0.4 is 0 Å². The molecule has 0 saturated carbocycles. The summed E-state index contributed by atoms with van der Waals surface area (Å²) >= 11 is 3.04. The first-order valence-electron chi connectivity index (χ1n) is 3.87. The maximum absolute atomic E-state index is 11.5. The van der Waals surface area contributed by atoms with Gasteiger partial charge in [0.25, 0.3) is 5.91 Å².